The third-order valence-electron chi connectivity index (χ3n) is 0.545. The molecular weight excluding hydrogens is 128 g/mol. The minimum atomic E-state index is -0.352. The van der Waals surface area contributed by atoms with Gasteiger partial charge in [0.25, 0.3) is 0 Å². The van der Waals surface area contributed by atoms with Gasteiger partial charge in [0.15, 0.2) is 0 Å². The van der Waals surface area contributed by atoms with Crippen LogP contribution >= 0.6 is 24.8 Å². The lowest BCUT2D eigenvalue weighted by atomic mass is 10.4. The Morgan fingerprint density at radius 1 is 2.00 bits per heavy atom. The lowest BCUT2D eigenvalue weighted by Gasteiger charge is -1.93. The van der Waals surface area contributed by atoms with Crippen LogP contribution in [-0.2, 0) is 4.79 Å². The summed E-state index contributed by atoms with van der Waals surface area (Å²) in [5.74, 6) is 0. The number of thiol groups is 1. The molecule has 0 heterocycles. The van der Waals surface area contributed by atoms with Gasteiger partial charge in [0, 0.05) is 4.86 Å². The van der Waals surface area contributed by atoms with Gasteiger partial charge in [0.2, 0.25) is 0 Å². The summed E-state index contributed by atoms with van der Waals surface area (Å²) in [6.07, 6.45) is 0.714. The first-order valence-corrected chi connectivity index (χ1v) is 2.74. The van der Waals surface area contributed by atoms with Gasteiger partial charge in [-0.25, -0.2) is 0 Å². The van der Waals surface area contributed by atoms with Crippen LogP contribution in [0.5, 0.6) is 0 Å². The molecule has 0 saturated carbocycles. The fourth-order valence-corrected chi connectivity index (χ4v) is 0.151. The van der Waals surface area contributed by atoms with E-state index >= 15 is 0 Å². The van der Waals surface area contributed by atoms with E-state index in [1.807, 2.05) is 0 Å². The van der Waals surface area contributed by atoms with Crippen molar-refractivity contribution < 1.29 is 4.79 Å². The van der Waals surface area contributed by atoms with Crippen LogP contribution in [0.1, 0.15) is 6.92 Å². The van der Waals surface area contributed by atoms with Crippen LogP contribution in [0.3, 0.4) is 0 Å². The van der Waals surface area contributed by atoms with Gasteiger partial charge in [0.1, 0.15) is 6.29 Å². The Hall–Kier alpha value is 0.110. The zero-order valence-electron chi connectivity index (χ0n) is 3.92. The summed E-state index contributed by atoms with van der Waals surface area (Å²) in [7, 11) is 0. The summed E-state index contributed by atoms with van der Waals surface area (Å²) in [6, 6.07) is 0. The Labute approximate surface area is 53.5 Å². The topological polar surface area (TPSA) is 17.1 Å². The van der Waals surface area contributed by atoms with E-state index in [2.05, 4.69) is 24.8 Å². The largest absolute Gasteiger partial charge is 0.302 e. The van der Waals surface area contributed by atoms with Crippen molar-refractivity contribution in [1.82, 2.24) is 0 Å². The van der Waals surface area contributed by atoms with Crippen molar-refractivity contribution in [3.8, 4) is 0 Å². The van der Waals surface area contributed by atoms with Crippen LogP contribution in [0, 0.1) is 0 Å². The molecule has 0 aliphatic rings. The molecule has 40 valence electrons. The smallest absolute Gasteiger partial charge is 0.137 e. The molecule has 0 fully saturated rings. The molecule has 1 atom stereocenters. The maximum atomic E-state index is 9.78. The van der Waals surface area contributed by atoms with Crippen molar-refractivity contribution in [3.05, 3.63) is 0 Å². The number of carbonyl (C=O) groups is 1. The number of thiocarbonyl (C=S) groups is 1. The van der Waals surface area contributed by atoms with Crippen molar-refractivity contribution >= 4 is 36.0 Å². The monoisotopic (exact) mass is 134 g/mol. The van der Waals surface area contributed by atoms with Gasteiger partial charge in [0.05, 0.1) is 5.25 Å². The molecule has 0 saturated heterocycles. The molecule has 0 bridgehead atoms. The van der Waals surface area contributed by atoms with E-state index in [4.69, 9.17) is 0 Å². The Morgan fingerprint density at radius 2 is 2.43 bits per heavy atom. The summed E-state index contributed by atoms with van der Waals surface area (Å²) < 4.78 is 0. The molecule has 1 unspecified atom stereocenters. The maximum absolute atomic E-state index is 9.78. The quantitative estimate of drug-likeness (QED) is 0.343. The zero-order valence-corrected chi connectivity index (χ0v) is 5.63. The van der Waals surface area contributed by atoms with Crippen LogP contribution in [0.4, 0.5) is 0 Å². The van der Waals surface area contributed by atoms with E-state index in [1.54, 1.807) is 6.92 Å². The van der Waals surface area contributed by atoms with E-state index in [1.165, 1.54) is 0 Å². The number of hydrogen-bond donors (Lipinski definition) is 1. The third-order valence-corrected chi connectivity index (χ3v) is 1.48. The summed E-state index contributed by atoms with van der Waals surface area (Å²) in [5, 5.41) is -0.352. The van der Waals surface area contributed by atoms with Crippen LogP contribution in [0.2, 0.25) is 0 Å². The number of carbonyl (C=O) groups excluding carboxylic acids is 1. The van der Waals surface area contributed by atoms with E-state index < -0.39 is 0 Å². The Kier molecular flexibility index (Phi) is 3.21. The number of aldehydes is 1. The number of hydrogen-bond acceptors (Lipinski definition) is 3. The molecule has 0 amide bonds. The van der Waals surface area contributed by atoms with Gasteiger partial charge in [-0.1, -0.05) is 12.2 Å². The van der Waals surface area contributed by atoms with E-state index in [0.717, 1.165) is 0 Å². The number of rotatable bonds is 2. The lowest BCUT2D eigenvalue weighted by molar-refractivity contribution is -0.106. The predicted molar refractivity (Wildman–Crippen MR) is 37.1 cm³/mol. The highest BCUT2D eigenvalue weighted by Gasteiger charge is 1.98. The minimum absolute atomic E-state index is 0.352. The molecule has 0 aliphatic carbocycles. The van der Waals surface area contributed by atoms with Crippen LogP contribution in [-0.4, -0.2) is 16.4 Å². The summed E-state index contributed by atoms with van der Waals surface area (Å²) in [5.41, 5.74) is 0. The highest BCUT2D eigenvalue weighted by atomic mass is 32.1. The molecule has 0 aromatic rings. The Balaban J connectivity index is 3.55. The first-order valence-electron chi connectivity index (χ1n) is 1.82. The van der Waals surface area contributed by atoms with Gasteiger partial charge in [-0.2, -0.15) is 12.6 Å². The van der Waals surface area contributed by atoms with Crippen molar-refractivity contribution in [1.29, 1.82) is 0 Å². The third kappa shape index (κ3) is 2.76. The molecule has 0 aliphatic heterocycles. The van der Waals surface area contributed by atoms with Crippen molar-refractivity contribution in [2.24, 2.45) is 0 Å². The van der Waals surface area contributed by atoms with E-state index in [-0.39, 0.29) is 5.25 Å². The molecular formula is C4H6OS2. The second-order valence-corrected chi connectivity index (χ2v) is 2.39. The average molecular weight is 134 g/mol. The predicted octanol–water partition coefficient (Wildman–Crippen LogP) is 0.873. The molecule has 1 nitrogen and oxygen atoms in total. The van der Waals surface area contributed by atoms with Crippen LogP contribution in [0.15, 0.2) is 0 Å². The Morgan fingerprint density at radius 3 is 2.43 bits per heavy atom. The maximum Gasteiger partial charge on any atom is 0.137 e. The van der Waals surface area contributed by atoms with Crippen molar-refractivity contribution in [3.63, 3.8) is 0 Å². The fourth-order valence-electron chi connectivity index (χ4n) is 0.0958. The average Bonchev–Trinajstić information content (AvgIpc) is 1.65. The van der Waals surface area contributed by atoms with Crippen molar-refractivity contribution in [2.75, 3.05) is 0 Å². The highest BCUT2D eigenvalue weighted by Crippen LogP contribution is 1.92. The second-order valence-electron chi connectivity index (χ2n) is 1.19. The summed E-state index contributed by atoms with van der Waals surface area (Å²) >= 11 is 8.43. The Bertz CT molecular complexity index is 89.7. The SMILES string of the molecule is CC(=S)C(S)C=O. The normalized spacial score (nSPS) is 12.9. The van der Waals surface area contributed by atoms with E-state index in [9.17, 15) is 4.79 Å². The molecule has 0 N–H and O–H groups in total. The molecule has 0 aromatic heterocycles. The molecule has 0 radical (unpaired) electrons. The highest BCUT2D eigenvalue weighted by molar-refractivity contribution is 7.87. The molecule has 0 rings (SSSR count). The molecule has 0 aromatic carbocycles. The van der Waals surface area contributed by atoms with Crippen LogP contribution in [0.25, 0.3) is 0 Å². The lowest BCUT2D eigenvalue weighted by Crippen LogP contribution is -2.08. The minimum Gasteiger partial charge on any atom is -0.302 e. The molecule has 7 heavy (non-hydrogen) atoms. The summed E-state index contributed by atoms with van der Waals surface area (Å²) in [4.78, 5) is 10.4. The van der Waals surface area contributed by atoms with Gasteiger partial charge in [-0.15, -0.1) is 0 Å². The van der Waals surface area contributed by atoms with Gasteiger partial charge >= 0.3 is 0 Å². The standard InChI is InChI=1S/C4H6OS2/c1-3(6)4(7)2-5/h2,4,7H,1H3. The fraction of sp³-hybridized carbons (Fsp3) is 0.500. The second kappa shape index (κ2) is 3.16. The van der Waals surface area contributed by atoms with Crippen molar-refractivity contribution in [2.45, 2.75) is 12.2 Å². The van der Waals surface area contributed by atoms with E-state index in [0.29, 0.717) is 11.2 Å². The molecule has 0 spiro atoms. The first-order chi connectivity index (χ1) is 3.18. The van der Waals surface area contributed by atoms with Crippen LogP contribution < -0.4 is 0 Å². The zero-order chi connectivity index (χ0) is 5.86. The van der Waals surface area contributed by atoms with Gasteiger partial charge < -0.3 is 4.79 Å². The summed E-state index contributed by atoms with van der Waals surface area (Å²) in [6.45, 7) is 1.70. The van der Waals surface area contributed by atoms with Gasteiger partial charge in [-0.05, 0) is 6.92 Å². The first kappa shape index (κ1) is 7.11. The molecule has 3 heteroatoms. The van der Waals surface area contributed by atoms with Gasteiger partial charge in [-0.3, -0.25) is 0 Å².